The molecule has 1 aromatic heterocycles. The van der Waals surface area contributed by atoms with Crippen molar-refractivity contribution in [2.45, 2.75) is 52.0 Å². The summed E-state index contributed by atoms with van der Waals surface area (Å²) in [7, 11) is 0. The van der Waals surface area contributed by atoms with E-state index in [1.807, 2.05) is 13.1 Å². The van der Waals surface area contributed by atoms with E-state index in [1.54, 1.807) is 0 Å². The van der Waals surface area contributed by atoms with Gasteiger partial charge in [-0.15, -0.1) is 0 Å². The molecule has 2 heterocycles. The summed E-state index contributed by atoms with van der Waals surface area (Å²) in [5.41, 5.74) is 6.51. The molecule has 4 rings (SSSR count). The van der Waals surface area contributed by atoms with E-state index in [-0.39, 0.29) is 10.8 Å². The normalized spacial score (nSPS) is 30.2. The zero-order valence-corrected chi connectivity index (χ0v) is 13.3. The monoisotopic (exact) mass is 281 g/mol. The molecule has 1 unspecified atom stereocenters. The minimum absolute atomic E-state index is 0.218. The van der Waals surface area contributed by atoms with Crippen LogP contribution in [0.1, 0.15) is 44.0 Å². The molecule has 2 aliphatic rings. The Labute approximate surface area is 126 Å². The average Bonchev–Trinajstić information content (AvgIpc) is 2.42. The second-order valence-corrected chi connectivity index (χ2v) is 7.52. The lowest BCUT2D eigenvalue weighted by Crippen LogP contribution is -2.62. The molecule has 2 aromatic rings. The Morgan fingerprint density at radius 3 is 2.81 bits per heavy atom. The fraction of sp³-hybridized carbons (Fsp3) is 0.556. The van der Waals surface area contributed by atoms with E-state index in [2.05, 4.69) is 43.2 Å². The second-order valence-electron chi connectivity index (χ2n) is 7.52. The molecule has 0 amide bonds. The van der Waals surface area contributed by atoms with Crippen LogP contribution in [0, 0.1) is 12.3 Å². The molecule has 3 heteroatoms. The van der Waals surface area contributed by atoms with Crippen molar-refractivity contribution in [1.82, 2.24) is 15.3 Å². The van der Waals surface area contributed by atoms with Gasteiger partial charge in [-0.3, -0.25) is 4.98 Å². The van der Waals surface area contributed by atoms with Crippen molar-refractivity contribution in [1.29, 1.82) is 0 Å². The largest absolute Gasteiger partial charge is 0.313 e. The smallest absolute Gasteiger partial charge is 0.0893 e. The zero-order chi connectivity index (χ0) is 14.8. The van der Waals surface area contributed by atoms with Crippen molar-refractivity contribution in [3.05, 3.63) is 35.2 Å². The SMILES string of the molecule is Cc1cnc2cc3c(cc2n1)[C@]1(C)CCNC(C3)C1(C)C. The Hall–Kier alpha value is -1.48. The maximum absolute atomic E-state index is 4.69. The molecular formula is C18H23N3. The molecule has 1 N–H and O–H groups in total. The molecule has 3 nitrogen and oxygen atoms in total. The van der Waals surface area contributed by atoms with Gasteiger partial charge in [0.1, 0.15) is 0 Å². The molecule has 1 aromatic carbocycles. The van der Waals surface area contributed by atoms with E-state index in [4.69, 9.17) is 4.98 Å². The molecule has 1 aliphatic heterocycles. The number of hydrogen-bond acceptors (Lipinski definition) is 3. The van der Waals surface area contributed by atoms with Crippen LogP contribution in [0.25, 0.3) is 11.0 Å². The summed E-state index contributed by atoms with van der Waals surface area (Å²) >= 11 is 0. The first-order valence-electron chi connectivity index (χ1n) is 7.92. The van der Waals surface area contributed by atoms with Gasteiger partial charge in [-0.25, -0.2) is 4.98 Å². The van der Waals surface area contributed by atoms with Crippen LogP contribution in [0.2, 0.25) is 0 Å². The van der Waals surface area contributed by atoms with Gasteiger partial charge in [-0.1, -0.05) is 20.8 Å². The molecule has 110 valence electrons. The minimum Gasteiger partial charge on any atom is -0.313 e. The van der Waals surface area contributed by atoms with Crippen LogP contribution in [0.5, 0.6) is 0 Å². The number of piperidine rings is 1. The Morgan fingerprint density at radius 1 is 1.19 bits per heavy atom. The fourth-order valence-corrected chi connectivity index (χ4v) is 4.36. The summed E-state index contributed by atoms with van der Waals surface area (Å²) in [5.74, 6) is 0. The molecule has 21 heavy (non-hydrogen) atoms. The Morgan fingerprint density at radius 2 is 2.00 bits per heavy atom. The van der Waals surface area contributed by atoms with E-state index in [0.717, 1.165) is 29.7 Å². The highest BCUT2D eigenvalue weighted by molar-refractivity contribution is 5.77. The van der Waals surface area contributed by atoms with Crippen molar-refractivity contribution in [3.63, 3.8) is 0 Å². The third kappa shape index (κ3) is 1.64. The van der Waals surface area contributed by atoms with E-state index < -0.39 is 0 Å². The molecule has 0 saturated carbocycles. The number of benzene rings is 1. The number of fused-ring (bicyclic) bond motifs is 5. The Bertz CT molecular complexity index is 735. The van der Waals surface area contributed by atoms with Gasteiger partial charge in [-0.05, 0) is 55.0 Å². The zero-order valence-electron chi connectivity index (χ0n) is 13.3. The number of nitrogens with one attached hydrogen (secondary N) is 1. The fourth-order valence-electron chi connectivity index (χ4n) is 4.36. The highest BCUT2D eigenvalue weighted by atomic mass is 15.0. The Kier molecular flexibility index (Phi) is 2.54. The molecule has 2 bridgehead atoms. The van der Waals surface area contributed by atoms with Crippen LogP contribution >= 0.6 is 0 Å². The number of hydrogen-bond donors (Lipinski definition) is 1. The summed E-state index contributed by atoms with van der Waals surface area (Å²) in [6.07, 6.45) is 4.15. The number of nitrogens with zero attached hydrogens (tertiary/aromatic N) is 2. The van der Waals surface area contributed by atoms with E-state index in [0.29, 0.717) is 6.04 Å². The number of aryl methyl sites for hydroxylation is 1. The summed E-state index contributed by atoms with van der Waals surface area (Å²) in [5, 5.41) is 3.73. The molecule has 1 fully saturated rings. The van der Waals surface area contributed by atoms with Gasteiger partial charge in [0.2, 0.25) is 0 Å². The van der Waals surface area contributed by atoms with Gasteiger partial charge >= 0.3 is 0 Å². The van der Waals surface area contributed by atoms with Crippen LogP contribution in [-0.4, -0.2) is 22.6 Å². The van der Waals surface area contributed by atoms with Gasteiger partial charge in [0, 0.05) is 17.7 Å². The molecule has 1 saturated heterocycles. The lowest BCUT2D eigenvalue weighted by molar-refractivity contribution is 0.0561. The highest BCUT2D eigenvalue weighted by Crippen LogP contribution is 2.53. The van der Waals surface area contributed by atoms with Crippen LogP contribution in [0.15, 0.2) is 18.3 Å². The summed E-state index contributed by atoms with van der Waals surface area (Å²) in [6.45, 7) is 10.4. The molecule has 0 spiro atoms. The van der Waals surface area contributed by atoms with Crippen LogP contribution < -0.4 is 5.32 Å². The number of rotatable bonds is 0. The lowest BCUT2D eigenvalue weighted by Gasteiger charge is -2.57. The summed E-state index contributed by atoms with van der Waals surface area (Å²) in [4.78, 5) is 9.25. The first-order valence-corrected chi connectivity index (χ1v) is 7.92. The first-order chi connectivity index (χ1) is 9.92. The standard InChI is InChI=1S/C18H23N3/c1-11-10-20-14-7-12-8-16-17(2,3)18(4,5-6-19-16)13(12)9-15(14)21-11/h7,9-10,16,19H,5-6,8H2,1-4H3/t16?,18-/m0/s1. The maximum atomic E-state index is 4.69. The first kappa shape index (κ1) is 13.2. The van der Waals surface area contributed by atoms with Gasteiger partial charge < -0.3 is 5.32 Å². The van der Waals surface area contributed by atoms with Crippen LogP contribution in [0.3, 0.4) is 0 Å². The van der Waals surface area contributed by atoms with Crippen molar-refractivity contribution in [2.75, 3.05) is 6.54 Å². The van der Waals surface area contributed by atoms with Gasteiger partial charge in [0.05, 0.1) is 16.7 Å². The highest BCUT2D eigenvalue weighted by Gasteiger charge is 2.53. The predicted octanol–water partition coefficient (Wildman–Crippen LogP) is 3.14. The molecule has 1 aliphatic carbocycles. The molecule has 2 atom stereocenters. The van der Waals surface area contributed by atoms with Gasteiger partial charge in [-0.2, -0.15) is 0 Å². The summed E-state index contributed by atoms with van der Waals surface area (Å²) < 4.78 is 0. The Balaban J connectivity index is 2.01. The van der Waals surface area contributed by atoms with Gasteiger partial charge in [0.25, 0.3) is 0 Å². The van der Waals surface area contributed by atoms with Crippen LogP contribution in [0.4, 0.5) is 0 Å². The van der Waals surface area contributed by atoms with Crippen molar-refractivity contribution < 1.29 is 0 Å². The lowest BCUT2D eigenvalue weighted by atomic mass is 9.51. The third-order valence-corrected chi connectivity index (χ3v) is 6.22. The van der Waals surface area contributed by atoms with Crippen molar-refractivity contribution >= 4 is 11.0 Å². The van der Waals surface area contributed by atoms with Crippen LogP contribution in [-0.2, 0) is 11.8 Å². The topological polar surface area (TPSA) is 37.8 Å². The maximum Gasteiger partial charge on any atom is 0.0893 e. The molecular weight excluding hydrogens is 258 g/mol. The minimum atomic E-state index is 0.218. The average molecular weight is 281 g/mol. The third-order valence-electron chi connectivity index (χ3n) is 6.22. The van der Waals surface area contributed by atoms with Crippen molar-refractivity contribution in [3.8, 4) is 0 Å². The number of aromatic nitrogens is 2. The van der Waals surface area contributed by atoms with E-state index in [9.17, 15) is 0 Å². The van der Waals surface area contributed by atoms with Crippen molar-refractivity contribution in [2.24, 2.45) is 5.41 Å². The van der Waals surface area contributed by atoms with Gasteiger partial charge in [0.15, 0.2) is 0 Å². The van der Waals surface area contributed by atoms with E-state index >= 15 is 0 Å². The summed E-state index contributed by atoms with van der Waals surface area (Å²) in [6, 6.07) is 5.14. The second kappa shape index (κ2) is 4.04. The predicted molar refractivity (Wildman–Crippen MR) is 85.5 cm³/mol. The van der Waals surface area contributed by atoms with E-state index in [1.165, 1.54) is 17.5 Å². The molecule has 0 radical (unpaired) electrons. The quantitative estimate of drug-likeness (QED) is 0.806.